The maximum absolute atomic E-state index is 13.0. The Bertz CT molecular complexity index is 949. The first-order chi connectivity index (χ1) is 12.5. The number of rotatable bonds is 5. The average Bonchev–Trinajstić information content (AvgIpc) is 3.07. The molecule has 0 saturated heterocycles. The minimum Gasteiger partial charge on any atom is -0.460 e. The SMILES string of the molecule is CCOC(=O)c1onc(-c2ccc(Br)cc2)c1C(=O)c1ccc(Cl)cc1. The van der Waals surface area contributed by atoms with Crippen LogP contribution in [0.25, 0.3) is 11.3 Å². The normalized spacial score (nSPS) is 10.6. The van der Waals surface area contributed by atoms with Crippen molar-refractivity contribution in [1.29, 1.82) is 0 Å². The van der Waals surface area contributed by atoms with Crippen molar-refractivity contribution in [3.63, 3.8) is 0 Å². The molecule has 0 aliphatic heterocycles. The zero-order valence-electron chi connectivity index (χ0n) is 13.7. The first-order valence-corrected chi connectivity index (χ1v) is 8.91. The Labute approximate surface area is 163 Å². The number of carbonyl (C=O) groups excluding carboxylic acids is 2. The Kier molecular flexibility index (Phi) is 5.54. The number of halogens is 2. The minimum atomic E-state index is -0.735. The van der Waals surface area contributed by atoms with Crippen LogP contribution in [0.3, 0.4) is 0 Å². The Morgan fingerprint density at radius 2 is 1.77 bits per heavy atom. The van der Waals surface area contributed by atoms with Gasteiger partial charge in [-0.1, -0.05) is 44.8 Å². The molecule has 1 heterocycles. The molecule has 2 aromatic carbocycles. The summed E-state index contributed by atoms with van der Waals surface area (Å²) in [5.74, 6) is -1.35. The van der Waals surface area contributed by atoms with E-state index in [4.69, 9.17) is 20.9 Å². The summed E-state index contributed by atoms with van der Waals surface area (Å²) in [6.45, 7) is 1.83. The number of nitrogens with zero attached hydrogens (tertiary/aromatic N) is 1. The lowest BCUT2D eigenvalue weighted by atomic mass is 9.98. The number of benzene rings is 2. The summed E-state index contributed by atoms with van der Waals surface area (Å²) in [7, 11) is 0. The molecule has 3 aromatic rings. The Balaban J connectivity index is 2.14. The van der Waals surface area contributed by atoms with Gasteiger partial charge in [-0.3, -0.25) is 4.79 Å². The number of hydrogen-bond donors (Lipinski definition) is 0. The summed E-state index contributed by atoms with van der Waals surface area (Å²) in [6, 6.07) is 13.5. The summed E-state index contributed by atoms with van der Waals surface area (Å²) >= 11 is 9.25. The number of ether oxygens (including phenoxy) is 1. The maximum atomic E-state index is 13.0. The molecule has 0 saturated carbocycles. The van der Waals surface area contributed by atoms with Gasteiger partial charge in [0.2, 0.25) is 0 Å². The van der Waals surface area contributed by atoms with Crippen molar-refractivity contribution in [2.45, 2.75) is 6.92 Å². The van der Waals surface area contributed by atoms with Crippen LogP contribution in [0.15, 0.2) is 57.5 Å². The standard InChI is InChI=1S/C19H13BrClNO4/c1-2-25-19(24)18-15(17(23)12-5-9-14(21)10-6-12)16(22-26-18)11-3-7-13(20)8-4-11/h3-10H,2H2,1H3. The monoisotopic (exact) mass is 433 g/mol. The second-order valence-corrected chi connectivity index (χ2v) is 6.65. The fourth-order valence-corrected chi connectivity index (χ4v) is 2.78. The van der Waals surface area contributed by atoms with Crippen molar-refractivity contribution in [2.24, 2.45) is 0 Å². The molecule has 26 heavy (non-hydrogen) atoms. The Morgan fingerprint density at radius 3 is 2.38 bits per heavy atom. The second kappa shape index (κ2) is 7.85. The lowest BCUT2D eigenvalue weighted by Gasteiger charge is -2.05. The highest BCUT2D eigenvalue weighted by molar-refractivity contribution is 9.10. The molecule has 0 bridgehead atoms. The van der Waals surface area contributed by atoms with Crippen LogP contribution in [-0.2, 0) is 4.74 Å². The molecule has 0 unspecified atom stereocenters. The summed E-state index contributed by atoms with van der Waals surface area (Å²) < 4.78 is 11.0. The van der Waals surface area contributed by atoms with E-state index in [2.05, 4.69) is 21.1 Å². The first kappa shape index (κ1) is 18.4. The number of aromatic nitrogens is 1. The van der Waals surface area contributed by atoms with E-state index in [0.29, 0.717) is 16.1 Å². The topological polar surface area (TPSA) is 69.4 Å². The molecule has 132 valence electrons. The molecule has 0 radical (unpaired) electrons. The zero-order valence-corrected chi connectivity index (χ0v) is 16.0. The zero-order chi connectivity index (χ0) is 18.7. The van der Waals surface area contributed by atoms with Gasteiger partial charge >= 0.3 is 5.97 Å². The van der Waals surface area contributed by atoms with Gasteiger partial charge in [0.25, 0.3) is 5.76 Å². The quantitative estimate of drug-likeness (QED) is 0.409. The highest BCUT2D eigenvalue weighted by Gasteiger charge is 2.30. The second-order valence-electron chi connectivity index (χ2n) is 5.30. The first-order valence-electron chi connectivity index (χ1n) is 7.74. The molecule has 0 aliphatic carbocycles. The molecule has 0 atom stereocenters. The van der Waals surface area contributed by atoms with Crippen LogP contribution in [-0.4, -0.2) is 23.5 Å². The highest BCUT2D eigenvalue weighted by atomic mass is 79.9. The summed E-state index contributed by atoms with van der Waals surface area (Å²) in [6.07, 6.45) is 0. The van der Waals surface area contributed by atoms with E-state index < -0.39 is 11.8 Å². The van der Waals surface area contributed by atoms with Gasteiger partial charge in [-0.15, -0.1) is 0 Å². The largest absolute Gasteiger partial charge is 0.460 e. The van der Waals surface area contributed by atoms with Gasteiger partial charge in [0.15, 0.2) is 5.78 Å². The van der Waals surface area contributed by atoms with Gasteiger partial charge in [-0.2, -0.15) is 0 Å². The van der Waals surface area contributed by atoms with E-state index in [9.17, 15) is 9.59 Å². The van der Waals surface area contributed by atoms with Crippen molar-refractivity contribution in [2.75, 3.05) is 6.61 Å². The predicted octanol–water partition coefficient (Wildman–Crippen LogP) is 5.17. The molecule has 1 aromatic heterocycles. The van der Waals surface area contributed by atoms with Crippen LogP contribution in [0.5, 0.6) is 0 Å². The van der Waals surface area contributed by atoms with Crippen molar-refractivity contribution in [1.82, 2.24) is 5.16 Å². The van der Waals surface area contributed by atoms with E-state index in [-0.39, 0.29) is 23.6 Å². The molecule has 5 nitrogen and oxygen atoms in total. The smallest absolute Gasteiger partial charge is 0.377 e. The van der Waals surface area contributed by atoms with Gasteiger partial charge in [0, 0.05) is 20.6 Å². The van der Waals surface area contributed by atoms with Gasteiger partial charge in [-0.05, 0) is 43.3 Å². The van der Waals surface area contributed by atoms with Gasteiger partial charge in [-0.25, -0.2) is 4.79 Å². The third-order valence-electron chi connectivity index (χ3n) is 3.60. The molecular weight excluding hydrogens is 422 g/mol. The van der Waals surface area contributed by atoms with Crippen LogP contribution >= 0.6 is 27.5 Å². The third-order valence-corrected chi connectivity index (χ3v) is 4.38. The van der Waals surface area contributed by atoms with Gasteiger partial charge in [0.05, 0.1) is 6.61 Å². The third kappa shape index (κ3) is 3.71. The van der Waals surface area contributed by atoms with Crippen LogP contribution in [0, 0.1) is 0 Å². The molecule has 7 heteroatoms. The fourth-order valence-electron chi connectivity index (χ4n) is 2.39. The summed E-state index contributed by atoms with van der Waals surface area (Å²) in [4.78, 5) is 25.3. The van der Waals surface area contributed by atoms with Crippen LogP contribution < -0.4 is 0 Å². The van der Waals surface area contributed by atoms with Gasteiger partial charge < -0.3 is 9.26 Å². The minimum absolute atomic E-state index is 0.0631. The van der Waals surface area contributed by atoms with Crippen LogP contribution in [0.4, 0.5) is 0 Å². The Morgan fingerprint density at radius 1 is 1.12 bits per heavy atom. The van der Waals surface area contributed by atoms with Crippen LogP contribution in [0.2, 0.25) is 5.02 Å². The van der Waals surface area contributed by atoms with Crippen molar-refractivity contribution in [3.05, 3.63) is 74.9 Å². The van der Waals surface area contributed by atoms with Crippen molar-refractivity contribution < 1.29 is 18.8 Å². The molecule has 0 amide bonds. The number of carbonyl (C=O) groups is 2. The van der Waals surface area contributed by atoms with E-state index in [1.165, 1.54) is 0 Å². The predicted molar refractivity (Wildman–Crippen MR) is 100 cm³/mol. The average molecular weight is 435 g/mol. The van der Waals surface area contributed by atoms with E-state index in [0.717, 1.165) is 4.47 Å². The summed E-state index contributed by atoms with van der Waals surface area (Å²) in [5.41, 5.74) is 1.35. The van der Waals surface area contributed by atoms with E-state index in [1.807, 2.05) is 12.1 Å². The molecule has 0 N–H and O–H groups in total. The number of hydrogen-bond acceptors (Lipinski definition) is 5. The Hall–Kier alpha value is -2.44. The molecule has 0 spiro atoms. The highest BCUT2D eigenvalue weighted by Crippen LogP contribution is 2.29. The van der Waals surface area contributed by atoms with Crippen molar-refractivity contribution in [3.8, 4) is 11.3 Å². The summed E-state index contributed by atoms with van der Waals surface area (Å²) in [5, 5.41) is 4.45. The lowest BCUT2D eigenvalue weighted by molar-refractivity contribution is 0.0476. The molecular formula is C19H13BrClNO4. The number of ketones is 1. The van der Waals surface area contributed by atoms with Crippen molar-refractivity contribution >= 4 is 39.3 Å². The van der Waals surface area contributed by atoms with E-state index in [1.54, 1.807) is 43.3 Å². The fraction of sp³-hybridized carbons (Fsp3) is 0.105. The van der Waals surface area contributed by atoms with Gasteiger partial charge in [0.1, 0.15) is 11.3 Å². The van der Waals surface area contributed by atoms with Crippen LogP contribution in [0.1, 0.15) is 33.4 Å². The maximum Gasteiger partial charge on any atom is 0.377 e. The molecule has 0 fully saturated rings. The molecule has 3 rings (SSSR count). The molecule has 0 aliphatic rings. The lowest BCUT2D eigenvalue weighted by Crippen LogP contribution is -2.11. The van der Waals surface area contributed by atoms with E-state index >= 15 is 0 Å². The number of esters is 1.